The van der Waals surface area contributed by atoms with E-state index in [-0.39, 0.29) is 11.8 Å². The van der Waals surface area contributed by atoms with Gasteiger partial charge in [-0.05, 0) is 6.42 Å². The summed E-state index contributed by atoms with van der Waals surface area (Å²) in [6.45, 7) is 3.96. The Kier molecular flexibility index (Phi) is 5.22. The molecular formula is C8H17NO. The Bertz CT molecular complexity index is 101. The Morgan fingerprint density at radius 2 is 2.10 bits per heavy atom. The summed E-state index contributed by atoms with van der Waals surface area (Å²) in [7, 11) is 0. The quantitative estimate of drug-likeness (QED) is 0.633. The van der Waals surface area contributed by atoms with Crippen molar-refractivity contribution in [3.05, 3.63) is 0 Å². The molecule has 2 N–H and O–H groups in total. The SMILES string of the molecule is CCCCC(N)C(=O)CC. The van der Waals surface area contributed by atoms with Crippen LogP contribution in [0.2, 0.25) is 0 Å². The van der Waals surface area contributed by atoms with Crippen LogP contribution in [0.1, 0.15) is 39.5 Å². The summed E-state index contributed by atoms with van der Waals surface area (Å²) in [6, 6.07) is -0.204. The van der Waals surface area contributed by atoms with E-state index in [0.717, 1.165) is 19.3 Å². The van der Waals surface area contributed by atoms with E-state index in [4.69, 9.17) is 5.73 Å². The maximum absolute atomic E-state index is 10.9. The number of hydrogen-bond acceptors (Lipinski definition) is 2. The highest BCUT2D eigenvalue weighted by Crippen LogP contribution is 2.00. The van der Waals surface area contributed by atoms with Gasteiger partial charge in [-0.25, -0.2) is 0 Å². The monoisotopic (exact) mass is 143 g/mol. The van der Waals surface area contributed by atoms with Gasteiger partial charge in [-0.15, -0.1) is 0 Å². The normalized spacial score (nSPS) is 13.1. The van der Waals surface area contributed by atoms with Gasteiger partial charge in [0.15, 0.2) is 0 Å². The predicted molar refractivity (Wildman–Crippen MR) is 42.8 cm³/mol. The lowest BCUT2D eigenvalue weighted by Crippen LogP contribution is -2.29. The maximum Gasteiger partial charge on any atom is 0.149 e. The lowest BCUT2D eigenvalue weighted by molar-refractivity contribution is -0.120. The van der Waals surface area contributed by atoms with Crippen molar-refractivity contribution < 1.29 is 4.79 Å². The van der Waals surface area contributed by atoms with Crippen LogP contribution in [-0.2, 0) is 4.79 Å². The first kappa shape index (κ1) is 9.63. The molecule has 1 atom stereocenters. The molecule has 1 unspecified atom stereocenters. The molecule has 0 rings (SSSR count). The Morgan fingerprint density at radius 1 is 1.50 bits per heavy atom. The van der Waals surface area contributed by atoms with Crippen molar-refractivity contribution in [1.82, 2.24) is 0 Å². The number of ketones is 1. The molecule has 0 saturated carbocycles. The fourth-order valence-electron chi connectivity index (χ4n) is 0.847. The van der Waals surface area contributed by atoms with Crippen molar-refractivity contribution in [2.75, 3.05) is 0 Å². The maximum atomic E-state index is 10.9. The molecule has 0 aromatic rings. The van der Waals surface area contributed by atoms with Gasteiger partial charge in [-0.2, -0.15) is 0 Å². The minimum atomic E-state index is -0.204. The van der Waals surface area contributed by atoms with Crippen molar-refractivity contribution in [2.24, 2.45) is 5.73 Å². The van der Waals surface area contributed by atoms with Crippen molar-refractivity contribution in [3.8, 4) is 0 Å². The van der Waals surface area contributed by atoms with E-state index in [0.29, 0.717) is 6.42 Å². The van der Waals surface area contributed by atoms with Gasteiger partial charge in [0, 0.05) is 6.42 Å². The summed E-state index contributed by atoms with van der Waals surface area (Å²) >= 11 is 0. The summed E-state index contributed by atoms with van der Waals surface area (Å²) in [4.78, 5) is 10.9. The fraction of sp³-hybridized carbons (Fsp3) is 0.875. The predicted octanol–water partition coefficient (Wildman–Crippen LogP) is 1.48. The largest absolute Gasteiger partial charge is 0.322 e. The van der Waals surface area contributed by atoms with Gasteiger partial charge in [0.2, 0.25) is 0 Å². The number of nitrogens with two attached hydrogens (primary N) is 1. The van der Waals surface area contributed by atoms with Crippen LogP contribution in [0.4, 0.5) is 0 Å². The molecule has 2 heteroatoms. The zero-order valence-corrected chi connectivity index (χ0v) is 6.89. The average Bonchev–Trinajstić information content (AvgIpc) is 1.98. The van der Waals surface area contributed by atoms with Crippen LogP contribution in [0.15, 0.2) is 0 Å². The highest BCUT2D eigenvalue weighted by molar-refractivity contribution is 5.83. The lowest BCUT2D eigenvalue weighted by Gasteiger charge is -2.06. The van der Waals surface area contributed by atoms with Crippen LogP contribution in [0.5, 0.6) is 0 Å². The molecule has 0 aliphatic heterocycles. The second-order valence-corrected chi connectivity index (χ2v) is 2.57. The van der Waals surface area contributed by atoms with Crippen molar-refractivity contribution in [1.29, 1.82) is 0 Å². The highest BCUT2D eigenvalue weighted by Gasteiger charge is 2.08. The molecule has 0 amide bonds. The Balaban J connectivity index is 3.41. The Labute approximate surface area is 62.8 Å². The van der Waals surface area contributed by atoms with Gasteiger partial charge in [0.05, 0.1) is 6.04 Å². The van der Waals surface area contributed by atoms with Crippen LogP contribution < -0.4 is 5.73 Å². The average molecular weight is 143 g/mol. The number of unbranched alkanes of at least 4 members (excludes halogenated alkanes) is 1. The Hall–Kier alpha value is -0.370. The molecule has 0 heterocycles. The van der Waals surface area contributed by atoms with E-state index < -0.39 is 0 Å². The van der Waals surface area contributed by atoms with Crippen molar-refractivity contribution >= 4 is 5.78 Å². The summed E-state index contributed by atoms with van der Waals surface area (Å²) < 4.78 is 0. The lowest BCUT2D eigenvalue weighted by atomic mass is 10.1. The topological polar surface area (TPSA) is 43.1 Å². The zero-order chi connectivity index (χ0) is 7.98. The van der Waals surface area contributed by atoms with Gasteiger partial charge in [0.25, 0.3) is 0 Å². The van der Waals surface area contributed by atoms with E-state index in [1.807, 2.05) is 6.92 Å². The van der Waals surface area contributed by atoms with Crippen LogP contribution in [-0.4, -0.2) is 11.8 Å². The summed E-state index contributed by atoms with van der Waals surface area (Å²) in [5.74, 6) is 0.188. The number of carbonyl (C=O) groups excluding carboxylic acids is 1. The molecule has 60 valence electrons. The number of hydrogen-bond donors (Lipinski definition) is 1. The molecule has 10 heavy (non-hydrogen) atoms. The Morgan fingerprint density at radius 3 is 2.50 bits per heavy atom. The van der Waals surface area contributed by atoms with Crippen LogP contribution >= 0.6 is 0 Å². The molecule has 0 bridgehead atoms. The molecule has 0 aromatic carbocycles. The molecule has 2 nitrogen and oxygen atoms in total. The first-order valence-corrected chi connectivity index (χ1v) is 4.00. The third-order valence-corrected chi connectivity index (χ3v) is 1.63. The van der Waals surface area contributed by atoms with Gasteiger partial charge >= 0.3 is 0 Å². The number of carbonyl (C=O) groups is 1. The molecule has 0 aliphatic rings. The number of rotatable bonds is 5. The zero-order valence-electron chi connectivity index (χ0n) is 6.89. The first-order chi connectivity index (χ1) is 4.72. The van der Waals surface area contributed by atoms with Crippen LogP contribution in [0.25, 0.3) is 0 Å². The minimum absolute atomic E-state index is 0.188. The highest BCUT2D eigenvalue weighted by atomic mass is 16.1. The van der Waals surface area contributed by atoms with Crippen LogP contribution in [0, 0.1) is 0 Å². The van der Waals surface area contributed by atoms with E-state index in [2.05, 4.69) is 6.92 Å². The van der Waals surface area contributed by atoms with Crippen molar-refractivity contribution in [3.63, 3.8) is 0 Å². The van der Waals surface area contributed by atoms with Gasteiger partial charge in [0.1, 0.15) is 5.78 Å². The third kappa shape index (κ3) is 3.62. The molecular weight excluding hydrogens is 126 g/mol. The van der Waals surface area contributed by atoms with Gasteiger partial charge in [-0.1, -0.05) is 26.7 Å². The fourth-order valence-corrected chi connectivity index (χ4v) is 0.847. The second kappa shape index (κ2) is 5.42. The first-order valence-electron chi connectivity index (χ1n) is 4.00. The summed E-state index contributed by atoms with van der Waals surface area (Å²) in [6.07, 6.45) is 3.60. The molecule has 0 fully saturated rings. The third-order valence-electron chi connectivity index (χ3n) is 1.63. The molecule has 0 aromatic heterocycles. The summed E-state index contributed by atoms with van der Waals surface area (Å²) in [5, 5.41) is 0. The van der Waals surface area contributed by atoms with E-state index in [9.17, 15) is 4.79 Å². The smallest absolute Gasteiger partial charge is 0.149 e. The van der Waals surface area contributed by atoms with E-state index in [1.165, 1.54) is 0 Å². The second-order valence-electron chi connectivity index (χ2n) is 2.57. The molecule has 0 radical (unpaired) electrons. The number of Topliss-reactive ketones (excluding diaryl/α,β-unsaturated/α-hetero) is 1. The standard InChI is InChI=1S/C8H17NO/c1-3-5-6-7(9)8(10)4-2/h7H,3-6,9H2,1-2H3. The van der Waals surface area contributed by atoms with Gasteiger partial charge in [-0.3, -0.25) is 4.79 Å². The van der Waals surface area contributed by atoms with Crippen LogP contribution in [0.3, 0.4) is 0 Å². The van der Waals surface area contributed by atoms with Crippen molar-refractivity contribution in [2.45, 2.75) is 45.6 Å². The molecule has 0 aliphatic carbocycles. The van der Waals surface area contributed by atoms with Gasteiger partial charge < -0.3 is 5.73 Å². The molecule has 0 saturated heterocycles. The van der Waals surface area contributed by atoms with E-state index in [1.54, 1.807) is 0 Å². The summed E-state index contributed by atoms with van der Waals surface area (Å²) in [5.41, 5.74) is 5.56. The minimum Gasteiger partial charge on any atom is -0.322 e. The van der Waals surface area contributed by atoms with E-state index >= 15 is 0 Å². The molecule has 0 spiro atoms.